The number of hydrogen-bond donors (Lipinski definition) is 2. The molecule has 0 spiro atoms. The van der Waals surface area contributed by atoms with Gasteiger partial charge in [-0.2, -0.15) is 0 Å². The van der Waals surface area contributed by atoms with E-state index in [1.54, 1.807) is 0 Å². The summed E-state index contributed by atoms with van der Waals surface area (Å²) in [6.07, 6.45) is 8.33. The second-order valence-electron chi connectivity index (χ2n) is 9.15. The number of piperazine rings is 1. The van der Waals surface area contributed by atoms with E-state index in [0.29, 0.717) is 12.0 Å². The molecule has 32 heavy (non-hydrogen) atoms. The monoisotopic (exact) mass is 444 g/mol. The number of aliphatic imine (C=N–C) groups is 1. The Kier molecular flexibility index (Phi) is 10.1. The highest BCUT2D eigenvalue weighted by Gasteiger charge is 2.33. The van der Waals surface area contributed by atoms with Gasteiger partial charge in [-0.25, -0.2) is 9.98 Å². The van der Waals surface area contributed by atoms with E-state index in [4.69, 9.17) is 14.7 Å². The second-order valence-corrected chi connectivity index (χ2v) is 9.15. The number of pyridine rings is 1. The molecular weight excluding hydrogens is 400 g/mol. The maximum Gasteiger partial charge on any atom is 0.191 e. The van der Waals surface area contributed by atoms with Crippen molar-refractivity contribution in [1.82, 2.24) is 20.5 Å². The van der Waals surface area contributed by atoms with Crippen LogP contribution in [0, 0.1) is 5.41 Å². The van der Waals surface area contributed by atoms with Gasteiger partial charge in [0, 0.05) is 58.7 Å². The van der Waals surface area contributed by atoms with E-state index in [1.807, 2.05) is 6.20 Å². The Balaban J connectivity index is 1.53. The topological polar surface area (TPSA) is 65.0 Å². The number of nitrogens with zero attached hydrogens (tertiary/aromatic N) is 4. The molecule has 2 N–H and O–H groups in total. The number of ether oxygens (including phenoxy) is 1. The van der Waals surface area contributed by atoms with Crippen molar-refractivity contribution < 1.29 is 4.74 Å². The average Bonchev–Trinajstić information content (AvgIpc) is 3.30. The molecule has 7 nitrogen and oxygen atoms in total. The van der Waals surface area contributed by atoms with Crippen LogP contribution in [0.3, 0.4) is 0 Å². The Morgan fingerprint density at radius 3 is 2.50 bits per heavy atom. The van der Waals surface area contributed by atoms with Crippen molar-refractivity contribution in [2.45, 2.75) is 59.4 Å². The fraction of sp³-hybridized carbons (Fsp3) is 0.760. The van der Waals surface area contributed by atoms with Gasteiger partial charge in [0.25, 0.3) is 0 Å². The first-order chi connectivity index (χ1) is 15.7. The third kappa shape index (κ3) is 7.34. The van der Waals surface area contributed by atoms with Crippen LogP contribution in [0.5, 0.6) is 0 Å². The van der Waals surface area contributed by atoms with Gasteiger partial charge in [0.1, 0.15) is 5.82 Å². The lowest BCUT2D eigenvalue weighted by Crippen LogP contribution is -2.46. The standard InChI is InChI=1S/C25H44N6O/c1-4-26-24(29-21-25(11-7-8-12-25)13-18-32-6-3)28-20-22-9-10-23(27-19-22)31-16-14-30(5-2)15-17-31/h9-10,19H,4-8,11-18,20-21H2,1-3H3,(H2,26,28,29). The summed E-state index contributed by atoms with van der Waals surface area (Å²) in [5.74, 6) is 1.98. The zero-order chi connectivity index (χ0) is 22.7. The maximum absolute atomic E-state index is 5.66. The number of anilines is 1. The van der Waals surface area contributed by atoms with Crippen molar-refractivity contribution in [2.24, 2.45) is 10.4 Å². The second kappa shape index (κ2) is 13.0. The number of nitrogens with one attached hydrogen (secondary N) is 2. The van der Waals surface area contributed by atoms with Crippen LogP contribution < -0.4 is 15.5 Å². The van der Waals surface area contributed by atoms with Crippen molar-refractivity contribution >= 4 is 11.8 Å². The van der Waals surface area contributed by atoms with Crippen LogP contribution in [0.15, 0.2) is 23.3 Å². The lowest BCUT2D eigenvalue weighted by atomic mass is 9.83. The van der Waals surface area contributed by atoms with E-state index < -0.39 is 0 Å². The quantitative estimate of drug-likeness (QED) is 0.310. The van der Waals surface area contributed by atoms with Crippen LogP contribution in [0.1, 0.15) is 58.4 Å². The minimum Gasteiger partial charge on any atom is -0.382 e. The SMILES string of the molecule is CCNC(=NCc1ccc(N2CCN(CC)CC2)nc1)NCC1(CCOCC)CCCC1. The number of aromatic nitrogens is 1. The molecule has 3 rings (SSSR count). The van der Waals surface area contributed by atoms with E-state index in [1.165, 1.54) is 25.7 Å². The van der Waals surface area contributed by atoms with Gasteiger partial charge < -0.3 is 25.2 Å². The highest BCUT2D eigenvalue weighted by atomic mass is 16.5. The molecule has 1 aliphatic carbocycles. The van der Waals surface area contributed by atoms with Gasteiger partial charge in [-0.3, -0.25) is 0 Å². The third-order valence-corrected chi connectivity index (χ3v) is 6.99. The van der Waals surface area contributed by atoms with E-state index in [-0.39, 0.29) is 0 Å². The van der Waals surface area contributed by atoms with E-state index >= 15 is 0 Å². The van der Waals surface area contributed by atoms with E-state index in [9.17, 15) is 0 Å². The molecule has 1 saturated carbocycles. The summed E-state index contributed by atoms with van der Waals surface area (Å²) in [6, 6.07) is 4.32. The van der Waals surface area contributed by atoms with Crippen molar-refractivity contribution in [1.29, 1.82) is 0 Å². The summed E-state index contributed by atoms with van der Waals surface area (Å²) in [5.41, 5.74) is 1.49. The third-order valence-electron chi connectivity index (χ3n) is 6.99. The normalized spacial score (nSPS) is 19.3. The minimum absolute atomic E-state index is 0.344. The Morgan fingerprint density at radius 2 is 1.88 bits per heavy atom. The molecule has 0 aromatic carbocycles. The lowest BCUT2D eigenvalue weighted by Gasteiger charge is -2.34. The molecule has 0 unspecified atom stereocenters. The maximum atomic E-state index is 5.66. The predicted octanol–water partition coefficient (Wildman–Crippen LogP) is 3.27. The number of guanidine groups is 1. The van der Waals surface area contributed by atoms with Crippen molar-refractivity contribution in [2.75, 3.05) is 63.9 Å². The Bertz CT molecular complexity index is 678. The first kappa shape index (κ1) is 24.8. The Morgan fingerprint density at radius 1 is 1.09 bits per heavy atom. The molecule has 0 bridgehead atoms. The first-order valence-corrected chi connectivity index (χ1v) is 12.7. The lowest BCUT2D eigenvalue weighted by molar-refractivity contribution is 0.105. The number of rotatable bonds is 11. The zero-order valence-electron chi connectivity index (χ0n) is 20.5. The molecule has 2 aliphatic rings. The molecule has 0 radical (unpaired) electrons. The molecule has 180 valence electrons. The zero-order valence-corrected chi connectivity index (χ0v) is 20.5. The first-order valence-electron chi connectivity index (χ1n) is 12.7. The van der Waals surface area contributed by atoms with E-state index in [0.717, 1.165) is 82.8 Å². The van der Waals surface area contributed by atoms with Gasteiger partial charge in [0.15, 0.2) is 5.96 Å². The number of hydrogen-bond acceptors (Lipinski definition) is 5. The molecular formula is C25H44N6O. The minimum atomic E-state index is 0.344. The highest BCUT2D eigenvalue weighted by Crippen LogP contribution is 2.40. The van der Waals surface area contributed by atoms with Gasteiger partial charge in [-0.05, 0) is 56.7 Å². The summed E-state index contributed by atoms with van der Waals surface area (Å²) in [5, 5.41) is 7.03. The van der Waals surface area contributed by atoms with Crippen molar-refractivity contribution in [3.63, 3.8) is 0 Å². The summed E-state index contributed by atoms with van der Waals surface area (Å²) in [6.45, 7) is 16.0. The van der Waals surface area contributed by atoms with Crippen LogP contribution in [-0.4, -0.2) is 74.9 Å². The number of likely N-dealkylation sites (N-methyl/N-ethyl adjacent to an activating group) is 1. The summed E-state index contributed by atoms with van der Waals surface area (Å²) >= 11 is 0. The van der Waals surface area contributed by atoms with Gasteiger partial charge in [0.05, 0.1) is 6.54 Å². The molecule has 2 fully saturated rings. The van der Waals surface area contributed by atoms with Crippen LogP contribution >= 0.6 is 0 Å². The average molecular weight is 445 g/mol. The van der Waals surface area contributed by atoms with Gasteiger partial charge in [-0.15, -0.1) is 0 Å². The van der Waals surface area contributed by atoms with Crippen LogP contribution in [0.2, 0.25) is 0 Å². The summed E-state index contributed by atoms with van der Waals surface area (Å²) in [7, 11) is 0. The predicted molar refractivity (Wildman–Crippen MR) is 133 cm³/mol. The highest BCUT2D eigenvalue weighted by molar-refractivity contribution is 5.79. The van der Waals surface area contributed by atoms with Gasteiger partial charge in [0.2, 0.25) is 0 Å². The largest absolute Gasteiger partial charge is 0.382 e. The van der Waals surface area contributed by atoms with E-state index in [2.05, 4.69) is 53.3 Å². The summed E-state index contributed by atoms with van der Waals surface area (Å²) in [4.78, 5) is 14.4. The Hall–Kier alpha value is -1.86. The fourth-order valence-corrected chi connectivity index (χ4v) is 4.85. The van der Waals surface area contributed by atoms with Gasteiger partial charge >= 0.3 is 0 Å². The molecule has 2 heterocycles. The van der Waals surface area contributed by atoms with Crippen LogP contribution in [0.25, 0.3) is 0 Å². The molecule has 0 atom stereocenters. The van der Waals surface area contributed by atoms with Gasteiger partial charge in [-0.1, -0.05) is 25.8 Å². The van der Waals surface area contributed by atoms with Crippen LogP contribution in [-0.2, 0) is 11.3 Å². The van der Waals surface area contributed by atoms with Crippen molar-refractivity contribution in [3.8, 4) is 0 Å². The molecule has 7 heteroatoms. The summed E-state index contributed by atoms with van der Waals surface area (Å²) < 4.78 is 5.66. The molecule has 1 saturated heterocycles. The molecule has 0 amide bonds. The van der Waals surface area contributed by atoms with Crippen LogP contribution in [0.4, 0.5) is 5.82 Å². The smallest absolute Gasteiger partial charge is 0.191 e. The molecule has 1 aromatic heterocycles. The Labute approximate surface area is 195 Å². The molecule has 1 aromatic rings. The fourth-order valence-electron chi connectivity index (χ4n) is 4.85. The molecule has 1 aliphatic heterocycles. The van der Waals surface area contributed by atoms with Crippen molar-refractivity contribution in [3.05, 3.63) is 23.9 Å².